The van der Waals surface area contributed by atoms with Gasteiger partial charge in [0.05, 0.1) is 31.2 Å². The average molecular weight is 481 g/mol. The van der Waals surface area contributed by atoms with E-state index < -0.39 is 5.91 Å². The monoisotopic (exact) mass is 480 g/mol. The molecule has 0 aliphatic heterocycles. The highest BCUT2D eigenvalue weighted by Crippen LogP contribution is 2.33. The summed E-state index contributed by atoms with van der Waals surface area (Å²) in [4.78, 5) is 22.8. The first kappa shape index (κ1) is 24.5. The third kappa shape index (κ3) is 5.53. The summed E-state index contributed by atoms with van der Waals surface area (Å²) >= 11 is 0. The number of hydrogen-bond acceptors (Lipinski definition) is 6. The van der Waals surface area contributed by atoms with E-state index in [4.69, 9.17) is 15.7 Å². The highest BCUT2D eigenvalue weighted by atomic mass is 16.5. The first-order valence-electron chi connectivity index (χ1n) is 11.6. The number of nitrogens with zero attached hydrogens (tertiary/aromatic N) is 5. The fourth-order valence-electron chi connectivity index (χ4n) is 4.17. The lowest BCUT2D eigenvalue weighted by atomic mass is 9.96. The van der Waals surface area contributed by atoms with Gasteiger partial charge in [-0.05, 0) is 48.2 Å². The van der Waals surface area contributed by atoms with Crippen molar-refractivity contribution in [2.45, 2.75) is 19.4 Å². The predicted octanol–water partition coefficient (Wildman–Crippen LogP) is 4.10. The van der Waals surface area contributed by atoms with Gasteiger partial charge in [0.25, 0.3) is 0 Å². The van der Waals surface area contributed by atoms with E-state index >= 15 is 0 Å². The number of imidazole rings is 1. The van der Waals surface area contributed by atoms with Gasteiger partial charge < -0.3 is 19.9 Å². The number of aryl methyl sites for hydroxylation is 2. The van der Waals surface area contributed by atoms with Crippen molar-refractivity contribution in [2.24, 2.45) is 12.8 Å². The average Bonchev–Trinajstić information content (AvgIpc) is 3.32. The van der Waals surface area contributed by atoms with Crippen LogP contribution in [0, 0.1) is 11.3 Å². The highest BCUT2D eigenvalue weighted by Gasteiger charge is 2.15. The molecule has 0 aliphatic carbocycles. The van der Waals surface area contributed by atoms with Crippen molar-refractivity contribution >= 4 is 11.7 Å². The summed E-state index contributed by atoms with van der Waals surface area (Å²) < 4.78 is 7.66. The van der Waals surface area contributed by atoms with Crippen molar-refractivity contribution in [3.63, 3.8) is 0 Å². The molecule has 1 amide bonds. The quantitative estimate of drug-likeness (QED) is 0.366. The smallest absolute Gasteiger partial charge is 0.249 e. The van der Waals surface area contributed by atoms with Gasteiger partial charge in [-0.25, -0.2) is 9.97 Å². The van der Waals surface area contributed by atoms with Crippen molar-refractivity contribution in [2.75, 3.05) is 18.6 Å². The molecule has 0 saturated carbocycles. The van der Waals surface area contributed by atoms with Crippen LogP contribution in [-0.4, -0.2) is 34.1 Å². The molecular formula is C28H28N6O2. The summed E-state index contributed by atoms with van der Waals surface area (Å²) in [7, 11) is 3.60. The van der Waals surface area contributed by atoms with E-state index in [1.807, 2.05) is 48.1 Å². The van der Waals surface area contributed by atoms with Gasteiger partial charge in [0.2, 0.25) is 5.91 Å². The molecule has 36 heavy (non-hydrogen) atoms. The Labute approximate surface area is 210 Å². The van der Waals surface area contributed by atoms with Gasteiger partial charge in [0.15, 0.2) is 0 Å². The highest BCUT2D eigenvalue weighted by molar-refractivity contribution is 6.00. The number of ether oxygens (including phenoxy) is 1. The van der Waals surface area contributed by atoms with E-state index in [9.17, 15) is 4.79 Å². The van der Waals surface area contributed by atoms with Crippen molar-refractivity contribution in [3.05, 3.63) is 95.7 Å². The first-order chi connectivity index (χ1) is 17.5. The molecule has 2 N–H and O–H groups in total. The molecule has 8 heteroatoms. The Morgan fingerprint density at radius 3 is 2.64 bits per heavy atom. The zero-order chi connectivity index (χ0) is 25.5. The number of aromatic nitrogens is 3. The predicted molar refractivity (Wildman–Crippen MR) is 138 cm³/mol. The van der Waals surface area contributed by atoms with Crippen LogP contribution in [0.25, 0.3) is 11.1 Å². The molecule has 0 bridgehead atoms. The van der Waals surface area contributed by atoms with E-state index in [2.05, 4.69) is 27.0 Å². The number of amides is 1. The van der Waals surface area contributed by atoms with Crippen LogP contribution in [0.3, 0.4) is 0 Å². The number of rotatable bonds is 10. The molecule has 4 rings (SSSR count). The summed E-state index contributed by atoms with van der Waals surface area (Å²) in [5.41, 5.74) is 10.3. The summed E-state index contributed by atoms with van der Waals surface area (Å²) in [6.45, 7) is 1.42. The number of nitrogens with two attached hydrogens (primary N) is 1. The molecule has 2 aromatic carbocycles. The zero-order valence-corrected chi connectivity index (χ0v) is 20.4. The number of anilines is 1. The Morgan fingerprint density at radius 2 is 1.97 bits per heavy atom. The minimum atomic E-state index is -0.471. The van der Waals surface area contributed by atoms with Gasteiger partial charge in [-0.2, -0.15) is 5.26 Å². The molecule has 0 spiro atoms. The number of carbonyl (C=O) groups excluding carboxylic acids is 1. The standard InChI is InChI=1S/C28H28N6O2/c1-33-19-31-17-22(33)18-34(27-12-10-21(15-29)16-32-27)13-5-6-20-9-11-24(26(14-20)36-2)23-7-3-4-8-25(23)28(30)35/h3-4,7-12,14,16-17,19H,5-6,13,18H2,1-2H3,(H2,30,35). The van der Waals surface area contributed by atoms with Gasteiger partial charge >= 0.3 is 0 Å². The molecule has 0 atom stereocenters. The van der Waals surface area contributed by atoms with Crippen LogP contribution < -0.4 is 15.4 Å². The Kier molecular flexibility index (Phi) is 7.61. The lowest BCUT2D eigenvalue weighted by molar-refractivity contribution is 0.100. The molecule has 2 heterocycles. The van der Waals surface area contributed by atoms with Crippen molar-refractivity contribution in [1.82, 2.24) is 14.5 Å². The largest absolute Gasteiger partial charge is 0.496 e. The Balaban J connectivity index is 1.51. The van der Waals surface area contributed by atoms with Crippen molar-refractivity contribution < 1.29 is 9.53 Å². The van der Waals surface area contributed by atoms with Gasteiger partial charge in [0.1, 0.15) is 17.6 Å². The van der Waals surface area contributed by atoms with Crippen LogP contribution in [0.2, 0.25) is 0 Å². The number of hydrogen-bond donors (Lipinski definition) is 1. The number of nitriles is 1. The number of methoxy groups -OCH3 is 1. The third-order valence-electron chi connectivity index (χ3n) is 6.11. The molecule has 182 valence electrons. The summed E-state index contributed by atoms with van der Waals surface area (Å²) in [5, 5.41) is 9.11. The van der Waals surface area contributed by atoms with Crippen molar-refractivity contribution in [3.8, 4) is 22.9 Å². The second kappa shape index (κ2) is 11.2. The van der Waals surface area contributed by atoms with Crippen LogP contribution in [0.1, 0.15) is 33.6 Å². The van der Waals surface area contributed by atoms with Gasteiger partial charge in [-0.15, -0.1) is 0 Å². The molecule has 0 aliphatic rings. The lowest BCUT2D eigenvalue weighted by Crippen LogP contribution is -2.26. The lowest BCUT2D eigenvalue weighted by Gasteiger charge is -2.24. The molecule has 0 fully saturated rings. The van der Waals surface area contributed by atoms with Crippen LogP contribution >= 0.6 is 0 Å². The van der Waals surface area contributed by atoms with E-state index in [1.165, 1.54) is 0 Å². The van der Waals surface area contributed by atoms with Gasteiger partial charge in [-0.1, -0.05) is 30.3 Å². The summed E-state index contributed by atoms with van der Waals surface area (Å²) in [6.07, 6.45) is 6.93. The molecule has 8 nitrogen and oxygen atoms in total. The molecule has 4 aromatic rings. The SMILES string of the molecule is COc1cc(CCCN(Cc2cncn2C)c2ccc(C#N)cn2)ccc1-c1ccccc1C(N)=O. The molecule has 2 aromatic heterocycles. The number of primary amides is 1. The minimum absolute atomic E-state index is 0.462. The fraction of sp³-hybridized carbons (Fsp3) is 0.214. The Bertz CT molecular complexity index is 1390. The maximum absolute atomic E-state index is 11.9. The Hall–Kier alpha value is -4.64. The molecule has 0 unspecified atom stereocenters. The normalized spacial score (nSPS) is 10.6. The number of benzene rings is 2. The molecule has 0 saturated heterocycles. The summed E-state index contributed by atoms with van der Waals surface area (Å²) in [6, 6.07) is 19.1. The topological polar surface area (TPSA) is 110 Å². The van der Waals surface area contributed by atoms with Crippen LogP contribution in [0.5, 0.6) is 5.75 Å². The van der Waals surface area contributed by atoms with Gasteiger partial charge in [0, 0.05) is 37.1 Å². The van der Waals surface area contributed by atoms with E-state index in [0.29, 0.717) is 23.4 Å². The summed E-state index contributed by atoms with van der Waals surface area (Å²) in [5.74, 6) is 1.04. The Morgan fingerprint density at radius 1 is 1.14 bits per heavy atom. The van der Waals surface area contributed by atoms with E-state index in [0.717, 1.165) is 47.6 Å². The minimum Gasteiger partial charge on any atom is -0.496 e. The van der Waals surface area contributed by atoms with Crippen LogP contribution in [-0.2, 0) is 20.0 Å². The first-order valence-corrected chi connectivity index (χ1v) is 11.6. The second-order valence-corrected chi connectivity index (χ2v) is 8.48. The van der Waals surface area contributed by atoms with Crippen LogP contribution in [0.15, 0.2) is 73.3 Å². The third-order valence-corrected chi connectivity index (χ3v) is 6.11. The molecular weight excluding hydrogens is 452 g/mol. The van der Waals surface area contributed by atoms with E-state index in [-0.39, 0.29) is 0 Å². The zero-order valence-electron chi connectivity index (χ0n) is 20.4. The molecule has 0 radical (unpaired) electrons. The number of carbonyl (C=O) groups is 1. The second-order valence-electron chi connectivity index (χ2n) is 8.48. The van der Waals surface area contributed by atoms with Crippen molar-refractivity contribution in [1.29, 1.82) is 5.26 Å². The van der Waals surface area contributed by atoms with Crippen LogP contribution in [0.4, 0.5) is 5.82 Å². The fourth-order valence-corrected chi connectivity index (χ4v) is 4.17. The van der Waals surface area contributed by atoms with E-state index in [1.54, 1.807) is 37.8 Å². The maximum Gasteiger partial charge on any atom is 0.249 e. The maximum atomic E-state index is 11.9. The van der Waals surface area contributed by atoms with Gasteiger partial charge in [-0.3, -0.25) is 4.79 Å². The number of pyridine rings is 1.